The SMILES string of the molecule is NCC1(N)CC[C@@H]2CC[C@H]1C2.[Cl][Pt][Cl]. The molecular formula is C9H18Cl2N2Pt. The summed E-state index contributed by atoms with van der Waals surface area (Å²) in [6.07, 6.45) is 6.58. The minimum atomic E-state index is -0.472. The molecule has 0 radical (unpaired) electrons. The van der Waals surface area contributed by atoms with Gasteiger partial charge in [-0.05, 0) is 37.5 Å². The van der Waals surface area contributed by atoms with Crippen molar-refractivity contribution in [3.8, 4) is 0 Å². The quantitative estimate of drug-likeness (QED) is 0.684. The average Bonchev–Trinajstić information content (AvgIpc) is 2.59. The van der Waals surface area contributed by atoms with Crippen molar-refractivity contribution in [1.29, 1.82) is 0 Å². The molecular weight excluding hydrogens is 402 g/mol. The van der Waals surface area contributed by atoms with Crippen molar-refractivity contribution < 1.29 is 16.5 Å². The van der Waals surface area contributed by atoms with E-state index < -0.39 is 16.5 Å². The summed E-state index contributed by atoms with van der Waals surface area (Å²) in [6, 6.07) is 0. The Morgan fingerprint density at radius 3 is 2.50 bits per heavy atom. The molecule has 0 amide bonds. The van der Waals surface area contributed by atoms with E-state index in [1.807, 2.05) is 0 Å². The molecule has 2 saturated carbocycles. The molecule has 14 heavy (non-hydrogen) atoms. The molecule has 2 fully saturated rings. The van der Waals surface area contributed by atoms with E-state index in [1.54, 1.807) is 0 Å². The summed E-state index contributed by atoms with van der Waals surface area (Å²) < 4.78 is 0. The summed E-state index contributed by atoms with van der Waals surface area (Å²) in [5.74, 6) is 1.73. The number of halogens is 2. The zero-order valence-electron chi connectivity index (χ0n) is 8.12. The predicted molar refractivity (Wildman–Crippen MR) is 57.7 cm³/mol. The molecule has 2 rings (SSSR count). The second kappa shape index (κ2) is 6.05. The molecule has 0 aromatic carbocycles. The van der Waals surface area contributed by atoms with Crippen LogP contribution < -0.4 is 11.5 Å². The zero-order chi connectivity index (χ0) is 10.6. The number of nitrogens with two attached hydrogens (primary N) is 2. The molecule has 0 heterocycles. The van der Waals surface area contributed by atoms with Gasteiger partial charge in [0.2, 0.25) is 0 Å². The molecule has 2 aliphatic carbocycles. The Kier molecular flexibility index (Phi) is 5.73. The van der Waals surface area contributed by atoms with E-state index in [2.05, 4.69) is 0 Å². The van der Waals surface area contributed by atoms with Crippen LogP contribution in [0.5, 0.6) is 0 Å². The molecule has 5 heteroatoms. The molecule has 0 aromatic heterocycles. The van der Waals surface area contributed by atoms with Crippen molar-refractivity contribution in [2.45, 2.75) is 37.6 Å². The van der Waals surface area contributed by atoms with Crippen molar-refractivity contribution in [1.82, 2.24) is 0 Å². The topological polar surface area (TPSA) is 52.0 Å². The first kappa shape index (κ1) is 13.3. The van der Waals surface area contributed by atoms with Crippen LogP contribution in [0.2, 0.25) is 0 Å². The maximum absolute atomic E-state index is 6.21. The molecule has 0 aromatic rings. The van der Waals surface area contributed by atoms with E-state index in [0.717, 1.165) is 11.8 Å². The molecule has 0 aliphatic heterocycles. The van der Waals surface area contributed by atoms with Gasteiger partial charge in [0.25, 0.3) is 0 Å². The first-order valence-electron chi connectivity index (χ1n) is 4.97. The van der Waals surface area contributed by atoms with Crippen LogP contribution in [-0.4, -0.2) is 12.1 Å². The van der Waals surface area contributed by atoms with Crippen LogP contribution >= 0.6 is 18.8 Å². The fourth-order valence-electron chi connectivity index (χ4n) is 2.81. The van der Waals surface area contributed by atoms with Crippen LogP contribution in [-0.2, 0) is 16.5 Å². The van der Waals surface area contributed by atoms with Crippen molar-refractivity contribution >= 4 is 18.8 Å². The van der Waals surface area contributed by atoms with Gasteiger partial charge in [0.15, 0.2) is 0 Å². The van der Waals surface area contributed by atoms with E-state index in [9.17, 15) is 0 Å². The van der Waals surface area contributed by atoms with E-state index in [1.165, 1.54) is 32.1 Å². The molecule has 0 saturated heterocycles. The molecule has 2 bridgehead atoms. The summed E-state index contributed by atoms with van der Waals surface area (Å²) in [4.78, 5) is 0. The minimum absolute atomic E-state index is 0.00694. The fraction of sp³-hybridized carbons (Fsp3) is 1.00. The van der Waals surface area contributed by atoms with Crippen LogP contribution in [0.1, 0.15) is 32.1 Å². The Hall–Kier alpha value is 1.19. The molecule has 2 aliphatic rings. The fourth-order valence-corrected chi connectivity index (χ4v) is 2.81. The van der Waals surface area contributed by atoms with Crippen molar-refractivity contribution in [3.63, 3.8) is 0 Å². The van der Waals surface area contributed by atoms with Gasteiger partial charge >= 0.3 is 35.3 Å². The van der Waals surface area contributed by atoms with Gasteiger partial charge < -0.3 is 11.5 Å². The van der Waals surface area contributed by atoms with Gasteiger partial charge in [0.05, 0.1) is 0 Å². The molecule has 2 nitrogen and oxygen atoms in total. The average molecular weight is 420 g/mol. The van der Waals surface area contributed by atoms with Crippen LogP contribution in [0.15, 0.2) is 0 Å². The van der Waals surface area contributed by atoms with Gasteiger partial charge in [0.1, 0.15) is 0 Å². The van der Waals surface area contributed by atoms with E-state index in [0.29, 0.717) is 6.54 Å². The Morgan fingerprint density at radius 1 is 1.29 bits per heavy atom. The number of hydrogen-bond acceptors (Lipinski definition) is 2. The van der Waals surface area contributed by atoms with Gasteiger partial charge in [-0.25, -0.2) is 0 Å². The normalized spacial score (nSPS) is 40.6. The van der Waals surface area contributed by atoms with Crippen LogP contribution in [0.4, 0.5) is 0 Å². The molecule has 3 atom stereocenters. The first-order chi connectivity index (χ1) is 6.66. The van der Waals surface area contributed by atoms with Gasteiger partial charge in [-0.15, -0.1) is 0 Å². The summed E-state index contributed by atoms with van der Waals surface area (Å²) >= 11 is -0.472. The van der Waals surface area contributed by atoms with Crippen molar-refractivity contribution in [2.75, 3.05) is 6.54 Å². The van der Waals surface area contributed by atoms with E-state index in [-0.39, 0.29) is 5.54 Å². The molecule has 88 valence electrons. The van der Waals surface area contributed by atoms with Crippen molar-refractivity contribution in [3.05, 3.63) is 0 Å². The second-order valence-corrected chi connectivity index (χ2v) is 7.68. The summed E-state index contributed by atoms with van der Waals surface area (Å²) in [5, 5.41) is 0. The van der Waals surface area contributed by atoms with Crippen LogP contribution in [0.25, 0.3) is 0 Å². The zero-order valence-corrected chi connectivity index (χ0v) is 11.9. The number of fused-ring (bicyclic) bond motifs is 2. The van der Waals surface area contributed by atoms with Crippen molar-refractivity contribution in [2.24, 2.45) is 23.3 Å². The Bertz CT molecular complexity index is 182. The Morgan fingerprint density at radius 2 is 1.93 bits per heavy atom. The first-order valence-corrected chi connectivity index (χ1v) is 10.6. The van der Waals surface area contributed by atoms with E-state index in [4.69, 9.17) is 30.3 Å². The molecule has 1 unspecified atom stereocenters. The maximum atomic E-state index is 6.21. The van der Waals surface area contributed by atoms with Crippen LogP contribution in [0, 0.1) is 11.8 Å². The van der Waals surface area contributed by atoms with Gasteiger partial charge in [-0.3, -0.25) is 0 Å². The van der Waals surface area contributed by atoms with E-state index >= 15 is 0 Å². The van der Waals surface area contributed by atoms with Gasteiger partial charge in [0, 0.05) is 12.1 Å². The number of rotatable bonds is 1. The standard InChI is InChI=1S/C9H18N2.2ClH.Pt/c10-6-9(11)4-3-7-1-2-8(9)5-7;;;/h7-8H,1-6,10-11H2;2*1H;/q;;;+2/p-2/t7-,8-,9?;;;/m0.../s1. The summed E-state index contributed by atoms with van der Waals surface area (Å²) in [6.45, 7) is 0.685. The summed E-state index contributed by atoms with van der Waals surface area (Å²) in [7, 11) is 9.75. The Labute approximate surface area is 102 Å². The van der Waals surface area contributed by atoms with Gasteiger partial charge in [-0.2, -0.15) is 0 Å². The van der Waals surface area contributed by atoms with Crippen LogP contribution in [0.3, 0.4) is 0 Å². The second-order valence-electron chi connectivity index (χ2n) is 4.40. The molecule has 4 N–H and O–H groups in total. The molecule has 0 spiro atoms. The third-order valence-electron chi connectivity index (χ3n) is 3.75. The predicted octanol–water partition coefficient (Wildman–Crippen LogP) is 2.23. The number of hydrogen-bond donors (Lipinski definition) is 2. The summed E-state index contributed by atoms with van der Waals surface area (Å²) in [5.41, 5.74) is 11.9. The Balaban J connectivity index is 0.000000293. The third-order valence-corrected chi connectivity index (χ3v) is 3.75. The van der Waals surface area contributed by atoms with Gasteiger partial charge in [-0.1, -0.05) is 6.42 Å². The monoisotopic (exact) mass is 419 g/mol. The third kappa shape index (κ3) is 3.09.